The minimum Gasteiger partial charge on any atom is -0.480 e. The van der Waals surface area contributed by atoms with Gasteiger partial charge in [-0.3, -0.25) is 18.6 Å². The van der Waals surface area contributed by atoms with E-state index in [0.717, 1.165) is 38.5 Å². The summed E-state index contributed by atoms with van der Waals surface area (Å²) < 4.78 is 33.6. The summed E-state index contributed by atoms with van der Waals surface area (Å²) >= 11 is 0. The van der Waals surface area contributed by atoms with Crippen molar-refractivity contribution in [2.24, 2.45) is 5.73 Å². The van der Waals surface area contributed by atoms with Crippen molar-refractivity contribution in [1.82, 2.24) is 0 Å². The molecule has 0 aliphatic heterocycles. The third-order valence-electron chi connectivity index (χ3n) is 14.6. The molecule has 72 heavy (non-hydrogen) atoms. The highest BCUT2D eigenvalue weighted by molar-refractivity contribution is 7.47. The Hall–Kier alpha value is -1.03. The molecule has 0 heterocycles. The van der Waals surface area contributed by atoms with Crippen LogP contribution in [0.5, 0.6) is 0 Å². The lowest BCUT2D eigenvalue weighted by molar-refractivity contribution is -0.154. The third kappa shape index (κ3) is 56.7. The number of hydrogen-bond acceptors (Lipinski definition) is 8. The van der Waals surface area contributed by atoms with Gasteiger partial charge in [0, 0.05) is 13.0 Å². The standard InChI is InChI=1S/C61H122NO9P/c1-3-5-7-9-11-13-15-17-19-21-22-23-24-25-26-27-28-29-30-31-32-33-34-35-36-37-38-39-41-43-45-47-49-51-53-60(63)71-58(56-69-72(66,67)70-57-59(62)61(64)65)55-68-54-52-50-48-46-44-42-40-20-18-16-14-12-10-8-6-4-2/h58-59H,3-57,62H2,1-2H3,(H,64,65)(H,66,67)/t58-,59+/m1/s1. The average Bonchev–Trinajstić information content (AvgIpc) is 3.36. The highest BCUT2D eigenvalue weighted by atomic mass is 31.2. The van der Waals surface area contributed by atoms with E-state index < -0.39 is 45.1 Å². The van der Waals surface area contributed by atoms with Gasteiger partial charge in [0.1, 0.15) is 12.1 Å². The number of carbonyl (C=O) groups is 2. The van der Waals surface area contributed by atoms with Gasteiger partial charge in [-0.15, -0.1) is 0 Å². The Morgan fingerprint density at radius 3 is 0.917 bits per heavy atom. The first-order chi connectivity index (χ1) is 35.2. The molecule has 0 saturated heterocycles. The normalized spacial score (nSPS) is 13.4. The smallest absolute Gasteiger partial charge is 0.472 e. The maximum absolute atomic E-state index is 12.8. The maximum Gasteiger partial charge on any atom is 0.472 e. The predicted octanol–water partition coefficient (Wildman–Crippen LogP) is 19.4. The molecule has 0 aromatic rings. The van der Waals surface area contributed by atoms with E-state index in [1.165, 1.54) is 283 Å². The summed E-state index contributed by atoms with van der Waals surface area (Å²) in [6.07, 6.45) is 66.4. The molecule has 0 rings (SSSR count). The van der Waals surface area contributed by atoms with Crippen LogP contribution in [0.4, 0.5) is 0 Å². The van der Waals surface area contributed by atoms with E-state index in [0.29, 0.717) is 6.61 Å². The molecule has 0 bridgehead atoms. The molecule has 0 aliphatic rings. The van der Waals surface area contributed by atoms with Crippen molar-refractivity contribution >= 4 is 19.8 Å². The largest absolute Gasteiger partial charge is 0.480 e. The highest BCUT2D eigenvalue weighted by Crippen LogP contribution is 2.43. The molecule has 10 nitrogen and oxygen atoms in total. The number of hydrogen-bond donors (Lipinski definition) is 3. The van der Waals surface area contributed by atoms with Crippen LogP contribution in [0, 0.1) is 0 Å². The van der Waals surface area contributed by atoms with Crippen molar-refractivity contribution in [2.45, 2.75) is 353 Å². The van der Waals surface area contributed by atoms with E-state index >= 15 is 0 Å². The third-order valence-corrected chi connectivity index (χ3v) is 15.6. The van der Waals surface area contributed by atoms with Crippen LogP contribution in [-0.2, 0) is 32.7 Å². The molecule has 0 fully saturated rings. The van der Waals surface area contributed by atoms with Gasteiger partial charge in [0.05, 0.1) is 19.8 Å². The highest BCUT2D eigenvalue weighted by Gasteiger charge is 2.27. The summed E-state index contributed by atoms with van der Waals surface area (Å²) in [6.45, 7) is 3.98. The minimum absolute atomic E-state index is 0.0266. The molecule has 1 unspecified atom stereocenters. The van der Waals surface area contributed by atoms with Crippen LogP contribution in [0.3, 0.4) is 0 Å². The summed E-state index contributed by atoms with van der Waals surface area (Å²) in [6, 6.07) is -1.47. The molecule has 3 atom stereocenters. The summed E-state index contributed by atoms with van der Waals surface area (Å²) in [7, 11) is -4.62. The van der Waals surface area contributed by atoms with E-state index in [1.807, 2.05) is 0 Å². The molecule has 430 valence electrons. The van der Waals surface area contributed by atoms with E-state index in [2.05, 4.69) is 13.8 Å². The van der Waals surface area contributed by atoms with Gasteiger partial charge in [0.2, 0.25) is 0 Å². The van der Waals surface area contributed by atoms with Crippen LogP contribution in [0.25, 0.3) is 0 Å². The number of phosphoric ester groups is 1. The topological polar surface area (TPSA) is 155 Å². The number of unbranched alkanes of at least 4 members (excludes halogenated alkanes) is 48. The molecule has 0 spiro atoms. The predicted molar refractivity (Wildman–Crippen MR) is 305 cm³/mol. The van der Waals surface area contributed by atoms with Crippen LogP contribution in [0.1, 0.15) is 341 Å². The zero-order valence-corrected chi connectivity index (χ0v) is 48.7. The lowest BCUT2D eigenvalue weighted by Gasteiger charge is -2.20. The summed E-state index contributed by atoms with van der Waals surface area (Å²) in [4.78, 5) is 33.8. The Morgan fingerprint density at radius 2 is 0.639 bits per heavy atom. The second-order valence-corrected chi connectivity index (χ2v) is 23.4. The van der Waals surface area contributed by atoms with Crippen molar-refractivity contribution in [1.29, 1.82) is 0 Å². The number of phosphoric acid groups is 1. The molecule has 0 radical (unpaired) electrons. The van der Waals surface area contributed by atoms with Crippen molar-refractivity contribution in [3.8, 4) is 0 Å². The number of carbonyl (C=O) groups excluding carboxylic acids is 1. The van der Waals surface area contributed by atoms with Crippen molar-refractivity contribution in [3.63, 3.8) is 0 Å². The molecular weight excluding hydrogens is 922 g/mol. The van der Waals surface area contributed by atoms with Crippen LogP contribution in [0.2, 0.25) is 0 Å². The zero-order valence-electron chi connectivity index (χ0n) is 47.8. The van der Waals surface area contributed by atoms with Crippen LogP contribution in [-0.4, -0.2) is 60.5 Å². The first kappa shape index (κ1) is 71.0. The van der Waals surface area contributed by atoms with Crippen molar-refractivity contribution in [2.75, 3.05) is 26.4 Å². The molecule has 0 amide bonds. The Bertz CT molecular complexity index is 1160. The van der Waals surface area contributed by atoms with Gasteiger partial charge in [-0.05, 0) is 12.8 Å². The number of rotatable bonds is 62. The van der Waals surface area contributed by atoms with Gasteiger partial charge < -0.3 is 25.2 Å². The summed E-state index contributed by atoms with van der Waals surface area (Å²) in [5, 5.41) is 8.95. The van der Waals surface area contributed by atoms with Gasteiger partial charge in [-0.2, -0.15) is 0 Å². The van der Waals surface area contributed by atoms with Gasteiger partial charge in [-0.25, -0.2) is 4.57 Å². The Morgan fingerprint density at radius 1 is 0.389 bits per heavy atom. The quantitative estimate of drug-likeness (QED) is 0.0305. The monoisotopic (exact) mass is 1040 g/mol. The van der Waals surface area contributed by atoms with Crippen LogP contribution < -0.4 is 5.73 Å². The van der Waals surface area contributed by atoms with Gasteiger partial charge in [0.25, 0.3) is 0 Å². The van der Waals surface area contributed by atoms with E-state index in [4.69, 9.17) is 29.4 Å². The Labute approximate surface area is 446 Å². The second-order valence-electron chi connectivity index (χ2n) is 21.9. The van der Waals surface area contributed by atoms with E-state index in [9.17, 15) is 19.0 Å². The van der Waals surface area contributed by atoms with Gasteiger partial charge >= 0.3 is 19.8 Å². The maximum atomic E-state index is 12.8. The first-order valence-corrected chi connectivity index (χ1v) is 33.1. The molecule has 0 aliphatic carbocycles. The summed E-state index contributed by atoms with van der Waals surface area (Å²) in [5.41, 5.74) is 5.39. The number of ether oxygens (including phenoxy) is 2. The average molecular weight is 1040 g/mol. The molecule has 4 N–H and O–H groups in total. The number of nitrogens with two attached hydrogens (primary N) is 1. The summed E-state index contributed by atoms with van der Waals surface area (Å²) in [5.74, 6) is -1.76. The minimum atomic E-state index is -4.62. The number of carboxylic acid groups (broad SMARTS) is 1. The number of aliphatic carboxylic acids is 1. The molecule has 0 saturated carbocycles. The van der Waals surface area contributed by atoms with Crippen LogP contribution in [0.15, 0.2) is 0 Å². The number of carboxylic acids is 1. The van der Waals surface area contributed by atoms with Gasteiger partial charge in [0.15, 0.2) is 0 Å². The molecule has 11 heteroatoms. The Kier molecular flexibility index (Phi) is 56.8. The van der Waals surface area contributed by atoms with Crippen molar-refractivity contribution in [3.05, 3.63) is 0 Å². The van der Waals surface area contributed by atoms with E-state index in [1.54, 1.807) is 0 Å². The fraction of sp³-hybridized carbons (Fsp3) is 0.967. The van der Waals surface area contributed by atoms with E-state index in [-0.39, 0.29) is 13.0 Å². The molecular formula is C61H122NO9P. The van der Waals surface area contributed by atoms with Crippen molar-refractivity contribution < 1.29 is 42.7 Å². The lowest BCUT2D eigenvalue weighted by Crippen LogP contribution is -2.34. The molecule has 0 aromatic carbocycles. The van der Waals surface area contributed by atoms with Crippen LogP contribution >= 0.6 is 7.82 Å². The fourth-order valence-electron chi connectivity index (χ4n) is 9.79. The second kappa shape index (κ2) is 57.7. The lowest BCUT2D eigenvalue weighted by atomic mass is 10.0. The fourth-order valence-corrected chi connectivity index (χ4v) is 10.6. The van der Waals surface area contributed by atoms with Gasteiger partial charge in [-0.1, -0.05) is 322 Å². The first-order valence-electron chi connectivity index (χ1n) is 31.6. The molecule has 0 aromatic heterocycles. The number of esters is 1. The zero-order chi connectivity index (χ0) is 52.5. The Balaban J connectivity index is 3.84. The SMILES string of the molecule is CCCCCCCCCCCCCCCCCCCCCCCCCCCCCCCCCCCCC(=O)O[C@H](COCCCCCCCCCCCCCCCCCC)COP(=O)(O)OC[C@H](N)C(=O)O.